The molecule has 1 heterocycles. The molecule has 6 nitrogen and oxygen atoms in total. The van der Waals surface area contributed by atoms with Gasteiger partial charge >= 0.3 is 5.97 Å². The second kappa shape index (κ2) is 6.21. The molecule has 0 fully saturated rings. The van der Waals surface area contributed by atoms with E-state index in [0.29, 0.717) is 10.6 Å². The maximum atomic E-state index is 11.8. The van der Waals surface area contributed by atoms with Crippen molar-refractivity contribution in [2.24, 2.45) is 0 Å². The first-order valence-corrected chi connectivity index (χ1v) is 5.96. The quantitative estimate of drug-likeness (QED) is 0.640. The Balaban J connectivity index is 2.86. The number of pyridine rings is 1. The summed E-state index contributed by atoms with van der Waals surface area (Å²) in [6, 6.07) is 1.82. The Morgan fingerprint density at radius 2 is 2.29 bits per heavy atom. The van der Waals surface area contributed by atoms with Crippen LogP contribution in [0.25, 0.3) is 0 Å². The summed E-state index contributed by atoms with van der Waals surface area (Å²) in [6.07, 6.45) is 3.31. The van der Waals surface area contributed by atoms with E-state index in [9.17, 15) is 9.59 Å². The number of amides is 1. The van der Waals surface area contributed by atoms with Gasteiger partial charge < -0.3 is 15.5 Å². The molecule has 1 aromatic heterocycles. The van der Waals surface area contributed by atoms with Gasteiger partial charge in [0.2, 0.25) is 0 Å². The fourth-order valence-electron chi connectivity index (χ4n) is 1.15. The van der Waals surface area contributed by atoms with Crippen molar-refractivity contribution in [3.63, 3.8) is 0 Å². The Kier molecular flexibility index (Phi) is 4.92. The van der Waals surface area contributed by atoms with Crippen LogP contribution >= 0.6 is 11.8 Å². The number of rotatable bonds is 5. The molecule has 1 atom stereocenters. The summed E-state index contributed by atoms with van der Waals surface area (Å²) >= 11 is 1.28. The number of hydrogen-bond acceptors (Lipinski definition) is 5. The molecule has 0 radical (unpaired) electrons. The van der Waals surface area contributed by atoms with Crippen LogP contribution in [-0.4, -0.2) is 46.0 Å². The highest BCUT2D eigenvalue weighted by Crippen LogP contribution is 2.16. The number of carbonyl (C=O) groups excluding carboxylic acids is 1. The number of carboxylic acids is 1. The molecule has 1 aromatic rings. The van der Waals surface area contributed by atoms with E-state index >= 15 is 0 Å². The lowest BCUT2D eigenvalue weighted by Crippen LogP contribution is -2.43. The third kappa shape index (κ3) is 3.43. The van der Waals surface area contributed by atoms with Crippen LogP contribution in [0.3, 0.4) is 0 Å². The largest absolute Gasteiger partial charge is 0.480 e. The van der Waals surface area contributed by atoms with Crippen LogP contribution in [0.1, 0.15) is 10.4 Å². The van der Waals surface area contributed by atoms with Crippen molar-refractivity contribution in [1.82, 2.24) is 10.3 Å². The first kappa shape index (κ1) is 13.5. The van der Waals surface area contributed by atoms with Crippen LogP contribution in [0.15, 0.2) is 23.4 Å². The van der Waals surface area contributed by atoms with Crippen molar-refractivity contribution < 1.29 is 19.8 Å². The summed E-state index contributed by atoms with van der Waals surface area (Å²) in [5.74, 6) is -1.85. The predicted octanol–water partition coefficient (Wildman–Crippen LogP) is -0.0212. The minimum absolute atomic E-state index is 0.291. The van der Waals surface area contributed by atoms with Gasteiger partial charge in [0.15, 0.2) is 6.04 Å². The molecule has 7 heteroatoms. The molecule has 3 N–H and O–H groups in total. The van der Waals surface area contributed by atoms with Crippen molar-refractivity contribution >= 4 is 23.6 Å². The molecular formula is C10H12N2O4S. The van der Waals surface area contributed by atoms with Gasteiger partial charge in [0, 0.05) is 6.20 Å². The van der Waals surface area contributed by atoms with Gasteiger partial charge in [-0.3, -0.25) is 4.79 Å². The van der Waals surface area contributed by atoms with Crippen molar-refractivity contribution in [2.45, 2.75) is 11.1 Å². The molecule has 0 spiro atoms. The minimum atomic E-state index is -1.31. The maximum absolute atomic E-state index is 11.8. The van der Waals surface area contributed by atoms with Gasteiger partial charge in [-0.05, 0) is 18.4 Å². The fourth-order valence-corrected chi connectivity index (χ4v) is 1.69. The molecule has 92 valence electrons. The molecule has 17 heavy (non-hydrogen) atoms. The van der Waals surface area contributed by atoms with E-state index in [1.54, 1.807) is 24.6 Å². The monoisotopic (exact) mass is 256 g/mol. The van der Waals surface area contributed by atoms with Crippen LogP contribution < -0.4 is 5.32 Å². The molecule has 0 aliphatic heterocycles. The highest BCUT2D eigenvalue weighted by molar-refractivity contribution is 7.98. The van der Waals surface area contributed by atoms with Crippen LogP contribution in [0.5, 0.6) is 0 Å². The van der Waals surface area contributed by atoms with Gasteiger partial charge in [-0.2, -0.15) is 0 Å². The van der Waals surface area contributed by atoms with E-state index in [-0.39, 0.29) is 0 Å². The van der Waals surface area contributed by atoms with Crippen molar-refractivity contribution in [3.8, 4) is 0 Å². The molecule has 0 saturated carbocycles. The van der Waals surface area contributed by atoms with E-state index in [1.165, 1.54) is 11.8 Å². The smallest absolute Gasteiger partial charge is 0.328 e. The first-order valence-electron chi connectivity index (χ1n) is 4.73. The number of aromatic nitrogens is 1. The molecule has 0 saturated heterocycles. The highest BCUT2D eigenvalue weighted by Gasteiger charge is 2.21. The molecular weight excluding hydrogens is 244 g/mol. The fraction of sp³-hybridized carbons (Fsp3) is 0.300. The number of hydrogen-bond donors (Lipinski definition) is 3. The van der Waals surface area contributed by atoms with E-state index in [4.69, 9.17) is 10.2 Å². The summed E-state index contributed by atoms with van der Waals surface area (Å²) in [5.41, 5.74) is 0.291. The van der Waals surface area contributed by atoms with E-state index in [2.05, 4.69) is 10.3 Å². The van der Waals surface area contributed by atoms with Crippen LogP contribution in [0.2, 0.25) is 0 Å². The lowest BCUT2D eigenvalue weighted by atomic mass is 10.2. The average molecular weight is 256 g/mol. The molecule has 0 aliphatic rings. The zero-order valence-corrected chi connectivity index (χ0v) is 9.90. The second-order valence-corrected chi connectivity index (χ2v) is 3.90. The van der Waals surface area contributed by atoms with Crippen molar-refractivity contribution in [3.05, 3.63) is 23.9 Å². The topological polar surface area (TPSA) is 99.5 Å². The summed E-state index contributed by atoms with van der Waals surface area (Å²) in [5, 5.41) is 20.2. The SMILES string of the molecule is CSc1ncccc1C(=O)N[C@H](CO)C(=O)O. The number of aliphatic carboxylic acids is 1. The van der Waals surface area contributed by atoms with Crippen molar-refractivity contribution in [2.75, 3.05) is 12.9 Å². The molecule has 0 aliphatic carbocycles. The average Bonchev–Trinajstić information content (AvgIpc) is 2.35. The highest BCUT2D eigenvalue weighted by atomic mass is 32.2. The zero-order valence-electron chi connectivity index (χ0n) is 9.08. The molecule has 1 rings (SSSR count). The Morgan fingerprint density at radius 3 is 2.82 bits per heavy atom. The molecule has 0 bridgehead atoms. The summed E-state index contributed by atoms with van der Waals surface area (Å²) in [7, 11) is 0. The van der Waals surface area contributed by atoms with Crippen LogP contribution in [0, 0.1) is 0 Å². The molecule has 0 unspecified atom stereocenters. The number of nitrogens with one attached hydrogen (secondary N) is 1. The van der Waals surface area contributed by atoms with Gasteiger partial charge in [-0.25, -0.2) is 9.78 Å². The van der Waals surface area contributed by atoms with E-state index in [1.807, 2.05) is 0 Å². The Bertz CT molecular complexity index is 425. The number of aliphatic hydroxyl groups is 1. The summed E-state index contributed by atoms with van der Waals surface area (Å²) in [6.45, 7) is -0.657. The summed E-state index contributed by atoms with van der Waals surface area (Å²) < 4.78 is 0. The minimum Gasteiger partial charge on any atom is -0.480 e. The number of nitrogens with zero attached hydrogens (tertiary/aromatic N) is 1. The third-order valence-corrected chi connectivity index (χ3v) is 2.71. The lowest BCUT2D eigenvalue weighted by molar-refractivity contribution is -0.140. The standard InChI is InChI=1S/C10H12N2O4S/c1-17-9-6(3-2-4-11-9)8(14)12-7(5-13)10(15)16/h2-4,7,13H,5H2,1H3,(H,12,14)(H,15,16)/t7-/m1/s1. The number of carboxylic acid groups (broad SMARTS) is 1. The Morgan fingerprint density at radius 1 is 1.59 bits per heavy atom. The van der Waals surface area contributed by atoms with Crippen molar-refractivity contribution in [1.29, 1.82) is 0 Å². The van der Waals surface area contributed by atoms with Gasteiger partial charge in [-0.15, -0.1) is 11.8 Å². The van der Waals surface area contributed by atoms with Gasteiger partial charge in [-0.1, -0.05) is 0 Å². The summed E-state index contributed by atoms with van der Waals surface area (Å²) in [4.78, 5) is 26.4. The second-order valence-electron chi connectivity index (χ2n) is 3.11. The normalized spacial score (nSPS) is 11.9. The maximum Gasteiger partial charge on any atom is 0.328 e. The van der Waals surface area contributed by atoms with Gasteiger partial charge in [0.25, 0.3) is 5.91 Å². The van der Waals surface area contributed by atoms with Gasteiger partial charge in [0.1, 0.15) is 5.03 Å². The Labute approximate surface area is 102 Å². The zero-order chi connectivity index (χ0) is 12.8. The van der Waals surface area contributed by atoms with Crippen LogP contribution in [0.4, 0.5) is 0 Å². The molecule has 1 amide bonds. The van der Waals surface area contributed by atoms with E-state index < -0.39 is 24.5 Å². The predicted molar refractivity (Wildman–Crippen MR) is 62.0 cm³/mol. The molecule has 0 aromatic carbocycles. The third-order valence-electron chi connectivity index (χ3n) is 2.00. The first-order chi connectivity index (χ1) is 8.10. The lowest BCUT2D eigenvalue weighted by Gasteiger charge is -2.12. The Hall–Kier alpha value is -1.60. The van der Waals surface area contributed by atoms with E-state index in [0.717, 1.165) is 0 Å². The number of aliphatic hydroxyl groups excluding tert-OH is 1. The number of thioether (sulfide) groups is 1. The van der Waals surface area contributed by atoms with Gasteiger partial charge in [0.05, 0.1) is 12.2 Å². The van der Waals surface area contributed by atoms with Crippen LogP contribution in [-0.2, 0) is 4.79 Å². The number of carbonyl (C=O) groups is 2.